The van der Waals surface area contributed by atoms with Crippen LogP contribution in [0.3, 0.4) is 0 Å². The van der Waals surface area contributed by atoms with E-state index < -0.39 is 45.7 Å². The van der Waals surface area contributed by atoms with E-state index in [1.54, 1.807) is 48.9 Å². The van der Waals surface area contributed by atoms with Crippen LogP contribution < -0.4 is 48.5 Å². The molecule has 338 valence electrons. The molecule has 4 aromatic carbocycles. The van der Waals surface area contributed by atoms with Crippen LogP contribution in [0.15, 0.2) is 82.6 Å². The highest BCUT2D eigenvalue weighted by molar-refractivity contribution is 7.84. The lowest BCUT2D eigenvalue weighted by Crippen LogP contribution is -2.42. The number of hydrogen-bond donors (Lipinski definition) is 2. The van der Waals surface area contributed by atoms with Gasteiger partial charge in [0.05, 0.1) is 59.8 Å². The fourth-order valence-electron chi connectivity index (χ4n) is 5.82. The first-order valence-corrected chi connectivity index (χ1v) is 22.6. The number of benzene rings is 4. The Morgan fingerprint density at radius 2 is 0.887 bits per heavy atom. The molecule has 4 aromatic rings. The van der Waals surface area contributed by atoms with Crippen molar-refractivity contribution in [1.82, 2.24) is 10.6 Å². The van der Waals surface area contributed by atoms with Crippen LogP contribution in [0.2, 0.25) is 0 Å². The summed E-state index contributed by atoms with van der Waals surface area (Å²) in [5.41, 5.74) is 1.75. The van der Waals surface area contributed by atoms with Crippen molar-refractivity contribution < 1.29 is 65.4 Å². The number of aryl methyl sites for hydroxylation is 2. The van der Waals surface area contributed by atoms with Crippen LogP contribution in [-0.2, 0) is 40.7 Å². The summed E-state index contributed by atoms with van der Waals surface area (Å²) < 4.78 is 81.2. The average molecular weight is 901 g/mol. The standard InChI is InChI=1S/C44H56N2O14S2/c1-29-13-9-11-15-33(29)57-27-31(25-45-17-19-55-37-21-39(53-5)41(61(7)49)23-35(37)51-3)59-43(47)44(48)60-32(28-58-34-16-12-10-14-30(34)2)26-46-18-20-56-38-22-40(54-6)42(62(8)50)24-36(38)52-4/h9-16,21-24,31-32,45-46H,17-20,25-28H2,1-8H3. The van der Waals surface area contributed by atoms with Crippen molar-refractivity contribution in [3.63, 3.8) is 0 Å². The number of hydrogen-bond acceptors (Lipinski definition) is 16. The molecular formula is C44H56N2O14S2. The minimum atomic E-state index is -1.31. The van der Waals surface area contributed by atoms with Crippen LogP contribution in [0.25, 0.3) is 0 Å². The summed E-state index contributed by atoms with van der Waals surface area (Å²) in [6, 6.07) is 21.2. The summed E-state index contributed by atoms with van der Waals surface area (Å²) in [5.74, 6) is 1.10. The molecule has 0 heterocycles. The molecule has 0 bridgehead atoms. The van der Waals surface area contributed by atoms with Crippen molar-refractivity contribution in [3.8, 4) is 46.0 Å². The van der Waals surface area contributed by atoms with E-state index in [0.717, 1.165) is 11.1 Å². The van der Waals surface area contributed by atoms with E-state index in [9.17, 15) is 18.0 Å². The van der Waals surface area contributed by atoms with Gasteiger partial charge in [-0.3, -0.25) is 8.42 Å². The van der Waals surface area contributed by atoms with Gasteiger partial charge in [-0.25, -0.2) is 9.59 Å². The predicted octanol–water partition coefficient (Wildman–Crippen LogP) is 4.43. The number of para-hydroxylation sites is 2. The van der Waals surface area contributed by atoms with Crippen LogP contribution in [-0.4, -0.2) is 126 Å². The zero-order valence-corrected chi connectivity index (χ0v) is 37.9. The first-order valence-electron chi connectivity index (χ1n) is 19.5. The van der Waals surface area contributed by atoms with E-state index in [4.69, 9.17) is 47.4 Å². The summed E-state index contributed by atoms with van der Waals surface area (Å²) in [6.07, 6.45) is 1.26. The summed E-state index contributed by atoms with van der Waals surface area (Å²) >= 11 is 0. The van der Waals surface area contributed by atoms with E-state index in [1.165, 1.54) is 28.4 Å². The second-order valence-electron chi connectivity index (χ2n) is 13.5. The molecule has 4 atom stereocenters. The number of nitrogens with one attached hydrogen (secondary N) is 2. The minimum Gasteiger partial charge on any atom is -0.495 e. The number of rotatable bonds is 26. The molecule has 0 spiro atoms. The third-order valence-corrected chi connectivity index (χ3v) is 11.0. The molecule has 0 saturated heterocycles. The number of esters is 2. The van der Waals surface area contributed by atoms with Crippen molar-refractivity contribution in [3.05, 3.63) is 83.9 Å². The van der Waals surface area contributed by atoms with E-state index in [0.29, 0.717) is 68.9 Å². The fraction of sp³-hybridized carbons (Fsp3) is 0.409. The van der Waals surface area contributed by atoms with Gasteiger partial charge in [-0.2, -0.15) is 0 Å². The van der Waals surface area contributed by atoms with Crippen molar-refractivity contribution >= 4 is 33.5 Å². The molecule has 0 amide bonds. The number of ether oxygens (including phenoxy) is 10. The zero-order chi connectivity index (χ0) is 45.0. The summed E-state index contributed by atoms with van der Waals surface area (Å²) in [6.45, 7) is 4.76. The first-order chi connectivity index (χ1) is 29.9. The molecule has 16 nitrogen and oxygen atoms in total. The van der Waals surface area contributed by atoms with Crippen molar-refractivity contribution in [2.75, 3.05) is 93.6 Å². The Bertz CT molecular complexity index is 1990. The maximum atomic E-state index is 13.3. The lowest BCUT2D eigenvalue weighted by atomic mass is 10.2. The molecule has 0 fully saturated rings. The molecular weight excluding hydrogens is 845 g/mol. The normalized spacial score (nSPS) is 12.8. The molecule has 2 N–H and O–H groups in total. The van der Waals surface area contributed by atoms with Crippen LogP contribution in [0.5, 0.6) is 46.0 Å². The summed E-state index contributed by atoms with van der Waals surface area (Å²) in [7, 11) is 3.29. The van der Waals surface area contributed by atoms with E-state index in [1.807, 2.05) is 50.2 Å². The maximum Gasteiger partial charge on any atom is 0.417 e. The number of carbonyl (C=O) groups excluding carboxylic acids is 2. The Labute approximate surface area is 367 Å². The van der Waals surface area contributed by atoms with Gasteiger partial charge in [0.1, 0.15) is 61.6 Å². The Morgan fingerprint density at radius 1 is 0.516 bits per heavy atom. The maximum absolute atomic E-state index is 13.3. The molecule has 0 aliphatic heterocycles. The molecule has 0 saturated carbocycles. The van der Waals surface area contributed by atoms with Gasteiger partial charge in [-0.1, -0.05) is 36.4 Å². The second-order valence-corrected chi connectivity index (χ2v) is 16.2. The first kappa shape index (κ1) is 49.1. The van der Waals surface area contributed by atoms with Gasteiger partial charge in [-0.05, 0) is 37.1 Å². The van der Waals surface area contributed by atoms with Crippen molar-refractivity contribution in [2.45, 2.75) is 35.8 Å². The van der Waals surface area contributed by atoms with Gasteiger partial charge in [0.25, 0.3) is 0 Å². The van der Waals surface area contributed by atoms with Crippen molar-refractivity contribution in [1.29, 1.82) is 0 Å². The Balaban J connectivity index is 1.38. The third-order valence-electron chi connectivity index (χ3n) is 9.09. The molecule has 18 heteroatoms. The largest absolute Gasteiger partial charge is 0.495 e. The highest BCUT2D eigenvalue weighted by Crippen LogP contribution is 2.37. The quantitative estimate of drug-likeness (QED) is 0.0512. The molecule has 0 aromatic heterocycles. The SMILES string of the molecule is COc1cc(S(C)=O)c(OC)cc1OCCNCC(COc1ccccc1C)OC(=O)C(=O)OC(CNCCOc1cc(OC)c(S(C)=O)cc1OC)COc1ccccc1C. The number of carbonyl (C=O) groups is 2. The van der Waals surface area contributed by atoms with Crippen LogP contribution in [0, 0.1) is 13.8 Å². The van der Waals surface area contributed by atoms with Crippen molar-refractivity contribution in [2.24, 2.45) is 0 Å². The Morgan fingerprint density at radius 3 is 1.23 bits per heavy atom. The monoisotopic (exact) mass is 900 g/mol. The zero-order valence-electron chi connectivity index (χ0n) is 36.3. The molecule has 4 rings (SSSR count). The summed E-state index contributed by atoms with van der Waals surface area (Å²) in [4.78, 5) is 27.6. The Hall–Kier alpha value is -5.56. The molecule has 0 radical (unpaired) electrons. The topological polar surface area (TPSA) is 185 Å². The van der Waals surface area contributed by atoms with Gasteiger partial charge < -0.3 is 58.0 Å². The highest BCUT2D eigenvalue weighted by Gasteiger charge is 2.27. The van der Waals surface area contributed by atoms with Gasteiger partial charge in [0.2, 0.25) is 0 Å². The minimum absolute atomic E-state index is 0.0740. The molecule has 4 unspecified atom stereocenters. The van der Waals surface area contributed by atoms with Crippen LogP contribution in [0.1, 0.15) is 11.1 Å². The lowest BCUT2D eigenvalue weighted by Gasteiger charge is -2.22. The lowest BCUT2D eigenvalue weighted by molar-refractivity contribution is -0.175. The van der Waals surface area contributed by atoms with E-state index in [-0.39, 0.29) is 39.5 Å². The number of methoxy groups -OCH3 is 4. The third kappa shape index (κ3) is 14.8. The van der Waals surface area contributed by atoms with Crippen LogP contribution >= 0.6 is 0 Å². The summed E-state index contributed by atoms with van der Waals surface area (Å²) in [5, 5.41) is 6.36. The van der Waals surface area contributed by atoms with Crippen LogP contribution in [0.4, 0.5) is 0 Å². The Kier molecular flexibility index (Phi) is 20.1. The van der Waals surface area contributed by atoms with Gasteiger partial charge in [0, 0.05) is 63.0 Å². The second kappa shape index (κ2) is 25.4. The molecule has 62 heavy (non-hydrogen) atoms. The van der Waals surface area contributed by atoms with Gasteiger partial charge in [-0.15, -0.1) is 0 Å². The van der Waals surface area contributed by atoms with E-state index >= 15 is 0 Å². The van der Waals surface area contributed by atoms with Gasteiger partial charge in [0.15, 0.2) is 23.0 Å². The van der Waals surface area contributed by atoms with Gasteiger partial charge >= 0.3 is 11.9 Å². The smallest absolute Gasteiger partial charge is 0.417 e. The molecule has 0 aliphatic carbocycles. The highest BCUT2D eigenvalue weighted by atomic mass is 32.2. The average Bonchev–Trinajstić information content (AvgIpc) is 3.26. The molecule has 0 aliphatic rings. The predicted molar refractivity (Wildman–Crippen MR) is 234 cm³/mol. The fourth-order valence-corrected chi connectivity index (χ4v) is 7.22. The van der Waals surface area contributed by atoms with E-state index in [2.05, 4.69) is 10.6 Å².